The lowest BCUT2D eigenvalue weighted by Gasteiger charge is -2.27. The molecule has 0 spiro atoms. The third-order valence-corrected chi connectivity index (χ3v) is 3.79. The summed E-state index contributed by atoms with van der Waals surface area (Å²) >= 11 is 12.1. The van der Waals surface area contributed by atoms with Crippen molar-refractivity contribution in [1.29, 1.82) is 0 Å². The van der Waals surface area contributed by atoms with Crippen molar-refractivity contribution >= 4 is 23.2 Å². The summed E-state index contributed by atoms with van der Waals surface area (Å²) in [6.07, 6.45) is 0.985. The molecular weight excluding hydrogens is 271 g/mol. The SMILES string of the molecule is COCCN1CCC(N)C1c1cc(Cl)cc(Cl)c1. The van der Waals surface area contributed by atoms with Crippen molar-refractivity contribution in [1.82, 2.24) is 4.90 Å². The molecule has 1 fully saturated rings. The molecule has 2 unspecified atom stereocenters. The van der Waals surface area contributed by atoms with Crippen molar-refractivity contribution in [3.05, 3.63) is 33.8 Å². The van der Waals surface area contributed by atoms with Gasteiger partial charge in [-0.3, -0.25) is 4.90 Å². The molecule has 100 valence electrons. The summed E-state index contributed by atoms with van der Waals surface area (Å²) in [5.74, 6) is 0. The maximum Gasteiger partial charge on any atom is 0.0589 e. The van der Waals surface area contributed by atoms with Crippen LogP contribution in [0.3, 0.4) is 0 Å². The smallest absolute Gasteiger partial charge is 0.0589 e. The topological polar surface area (TPSA) is 38.5 Å². The number of nitrogens with two attached hydrogens (primary N) is 1. The van der Waals surface area contributed by atoms with Crippen LogP contribution < -0.4 is 5.73 Å². The Hall–Kier alpha value is -0.320. The summed E-state index contributed by atoms with van der Waals surface area (Å²) in [6.45, 7) is 2.57. The average molecular weight is 289 g/mol. The Kier molecular flexibility index (Phi) is 4.87. The fourth-order valence-electron chi connectivity index (χ4n) is 2.55. The minimum Gasteiger partial charge on any atom is -0.383 e. The van der Waals surface area contributed by atoms with Gasteiger partial charge in [0.15, 0.2) is 0 Å². The van der Waals surface area contributed by atoms with Crippen molar-refractivity contribution < 1.29 is 4.74 Å². The molecule has 0 amide bonds. The van der Waals surface area contributed by atoms with Crippen LogP contribution in [-0.2, 0) is 4.74 Å². The summed E-state index contributed by atoms with van der Waals surface area (Å²) in [5, 5.41) is 1.31. The van der Waals surface area contributed by atoms with Gasteiger partial charge < -0.3 is 10.5 Å². The van der Waals surface area contributed by atoms with E-state index in [0.29, 0.717) is 16.7 Å². The first-order valence-corrected chi connectivity index (χ1v) is 6.82. The third kappa shape index (κ3) is 3.16. The van der Waals surface area contributed by atoms with Crippen LogP contribution in [0.4, 0.5) is 0 Å². The summed E-state index contributed by atoms with van der Waals surface area (Å²) in [7, 11) is 1.71. The molecule has 2 rings (SSSR count). The fraction of sp³-hybridized carbons (Fsp3) is 0.538. The van der Waals surface area contributed by atoms with Crippen LogP contribution in [0.2, 0.25) is 10.0 Å². The van der Waals surface area contributed by atoms with Crippen molar-refractivity contribution in [2.75, 3.05) is 26.8 Å². The zero-order valence-electron chi connectivity index (χ0n) is 10.4. The number of halogens is 2. The highest BCUT2D eigenvalue weighted by Gasteiger charge is 2.32. The predicted molar refractivity (Wildman–Crippen MR) is 75.2 cm³/mol. The number of hydrogen-bond donors (Lipinski definition) is 1. The largest absolute Gasteiger partial charge is 0.383 e. The lowest BCUT2D eigenvalue weighted by molar-refractivity contribution is 0.139. The van der Waals surface area contributed by atoms with E-state index in [1.54, 1.807) is 13.2 Å². The highest BCUT2D eigenvalue weighted by Crippen LogP contribution is 2.33. The Morgan fingerprint density at radius 2 is 2.00 bits per heavy atom. The van der Waals surface area contributed by atoms with E-state index in [4.69, 9.17) is 33.7 Å². The standard InChI is InChI=1S/C13H18Cl2N2O/c1-18-5-4-17-3-2-12(16)13(17)9-6-10(14)8-11(15)7-9/h6-8,12-13H,2-5,16H2,1H3. The molecule has 2 N–H and O–H groups in total. The molecule has 0 radical (unpaired) electrons. The van der Waals surface area contributed by atoms with Crippen LogP contribution >= 0.6 is 23.2 Å². The Bertz CT molecular complexity index is 394. The normalized spacial score (nSPS) is 24.7. The zero-order valence-corrected chi connectivity index (χ0v) is 11.9. The molecule has 1 saturated heterocycles. The van der Waals surface area contributed by atoms with E-state index in [0.717, 1.165) is 25.1 Å². The van der Waals surface area contributed by atoms with Crippen molar-refractivity contribution in [3.63, 3.8) is 0 Å². The maximum atomic E-state index is 6.20. The molecular formula is C13H18Cl2N2O. The third-order valence-electron chi connectivity index (χ3n) is 3.36. The highest BCUT2D eigenvalue weighted by atomic mass is 35.5. The van der Waals surface area contributed by atoms with Gasteiger partial charge in [0.2, 0.25) is 0 Å². The van der Waals surface area contributed by atoms with Gasteiger partial charge in [0, 0.05) is 36.3 Å². The van der Waals surface area contributed by atoms with Gasteiger partial charge in [-0.05, 0) is 30.2 Å². The van der Waals surface area contributed by atoms with Gasteiger partial charge in [0.1, 0.15) is 0 Å². The molecule has 1 aromatic carbocycles. The summed E-state index contributed by atoms with van der Waals surface area (Å²) in [5.41, 5.74) is 7.30. The van der Waals surface area contributed by atoms with Crippen LogP contribution in [-0.4, -0.2) is 37.7 Å². The average Bonchev–Trinajstić information content (AvgIpc) is 2.66. The molecule has 18 heavy (non-hydrogen) atoms. The van der Waals surface area contributed by atoms with Gasteiger partial charge in [-0.1, -0.05) is 23.2 Å². The Morgan fingerprint density at radius 3 is 2.61 bits per heavy atom. The number of ether oxygens (including phenoxy) is 1. The quantitative estimate of drug-likeness (QED) is 0.926. The van der Waals surface area contributed by atoms with E-state index < -0.39 is 0 Å². The van der Waals surface area contributed by atoms with Crippen LogP contribution in [0, 0.1) is 0 Å². The number of nitrogens with zero attached hydrogens (tertiary/aromatic N) is 1. The first-order chi connectivity index (χ1) is 8.61. The second kappa shape index (κ2) is 6.22. The van der Waals surface area contributed by atoms with Crippen molar-refractivity contribution in [2.45, 2.75) is 18.5 Å². The molecule has 3 nitrogen and oxygen atoms in total. The lowest BCUT2D eigenvalue weighted by Crippen LogP contribution is -2.33. The zero-order chi connectivity index (χ0) is 13.1. The number of hydrogen-bond acceptors (Lipinski definition) is 3. The van der Waals surface area contributed by atoms with Gasteiger partial charge in [0.25, 0.3) is 0 Å². The Balaban J connectivity index is 2.22. The molecule has 0 saturated carbocycles. The second-order valence-electron chi connectivity index (χ2n) is 4.63. The van der Waals surface area contributed by atoms with Crippen LogP contribution in [0.25, 0.3) is 0 Å². The molecule has 1 aromatic rings. The number of likely N-dealkylation sites (tertiary alicyclic amines) is 1. The first kappa shape index (κ1) is 14.1. The molecule has 1 heterocycles. The highest BCUT2D eigenvalue weighted by molar-refractivity contribution is 6.34. The number of benzene rings is 1. The molecule has 2 atom stereocenters. The molecule has 1 aliphatic rings. The van der Waals surface area contributed by atoms with Gasteiger partial charge in [-0.2, -0.15) is 0 Å². The Morgan fingerprint density at radius 1 is 1.33 bits per heavy atom. The van der Waals surface area contributed by atoms with E-state index in [1.165, 1.54) is 0 Å². The Labute approximate surface area is 118 Å². The van der Waals surface area contributed by atoms with E-state index in [2.05, 4.69) is 4.90 Å². The van der Waals surface area contributed by atoms with Gasteiger partial charge >= 0.3 is 0 Å². The molecule has 1 aliphatic heterocycles. The second-order valence-corrected chi connectivity index (χ2v) is 5.50. The monoisotopic (exact) mass is 288 g/mol. The van der Waals surface area contributed by atoms with Crippen LogP contribution in [0.1, 0.15) is 18.0 Å². The molecule has 0 aliphatic carbocycles. The van der Waals surface area contributed by atoms with E-state index in [1.807, 2.05) is 12.1 Å². The van der Waals surface area contributed by atoms with Crippen molar-refractivity contribution in [2.24, 2.45) is 5.73 Å². The predicted octanol–water partition coefficient (Wildman–Crippen LogP) is 2.71. The van der Waals surface area contributed by atoms with Crippen LogP contribution in [0.5, 0.6) is 0 Å². The van der Waals surface area contributed by atoms with Crippen molar-refractivity contribution in [3.8, 4) is 0 Å². The fourth-order valence-corrected chi connectivity index (χ4v) is 3.09. The summed E-state index contributed by atoms with van der Waals surface area (Å²) in [6, 6.07) is 5.94. The summed E-state index contributed by atoms with van der Waals surface area (Å²) in [4.78, 5) is 2.33. The number of rotatable bonds is 4. The minimum atomic E-state index is 0.122. The summed E-state index contributed by atoms with van der Waals surface area (Å²) < 4.78 is 5.14. The van der Waals surface area contributed by atoms with Crippen LogP contribution in [0.15, 0.2) is 18.2 Å². The lowest BCUT2D eigenvalue weighted by atomic mass is 10.0. The van der Waals surface area contributed by atoms with Gasteiger partial charge in [-0.15, -0.1) is 0 Å². The molecule has 0 aromatic heterocycles. The maximum absolute atomic E-state index is 6.20. The van der Waals surface area contributed by atoms with Gasteiger partial charge in [0.05, 0.1) is 12.6 Å². The number of methoxy groups -OCH3 is 1. The first-order valence-electron chi connectivity index (χ1n) is 6.06. The molecule has 0 bridgehead atoms. The van der Waals surface area contributed by atoms with E-state index in [9.17, 15) is 0 Å². The minimum absolute atomic E-state index is 0.122. The van der Waals surface area contributed by atoms with Gasteiger partial charge in [-0.25, -0.2) is 0 Å². The van der Waals surface area contributed by atoms with E-state index in [-0.39, 0.29) is 12.1 Å². The van der Waals surface area contributed by atoms with E-state index >= 15 is 0 Å². The molecule has 5 heteroatoms.